The van der Waals surface area contributed by atoms with Gasteiger partial charge in [-0.2, -0.15) is 0 Å². The quantitative estimate of drug-likeness (QED) is 0.924. The predicted octanol–water partition coefficient (Wildman–Crippen LogP) is 2.25. The topological polar surface area (TPSA) is 42.7 Å². The minimum absolute atomic E-state index is 0.574. The van der Waals surface area contributed by atoms with Crippen molar-refractivity contribution in [2.45, 2.75) is 32.4 Å². The van der Waals surface area contributed by atoms with Crippen molar-refractivity contribution < 1.29 is 0 Å². The van der Waals surface area contributed by atoms with Gasteiger partial charge in [-0.1, -0.05) is 0 Å². The number of aryl methyl sites for hydroxylation is 1. The molecule has 3 heterocycles. The van der Waals surface area contributed by atoms with Crippen LogP contribution in [0.1, 0.15) is 18.7 Å². The van der Waals surface area contributed by atoms with Crippen molar-refractivity contribution in [3.63, 3.8) is 0 Å². The molecule has 2 aromatic heterocycles. The standard InChI is InChI=1S/C12H15BrN4/c1-8-16-12-11(5-9(13)6-15-12)17(8)7-10-3-2-4-14-10/h5-6,10,14H,2-4,7H2,1H3/t10-/m0/s1. The summed E-state index contributed by atoms with van der Waals surface area (Å²) in [6.45, 7) is 4.17. The summed E-state index contributed by atoms with van der Waals surface area (Å²) < 4.78 is 3.27. The highest BCUT2D eigenvalue weighted by Crippen LogP contribution is 2.20. The molecular formula is C12H15BrN4. The van der Waals surface area contributed by atoms with E-state index in [-0.39, 0.29) is 0 Å². The molecule has 0 unspecified atom stereocenters. The summed E-state index contributed by atoms with van der Waals surface area (Å²) in [6, 6.07) is 2.67. The first-order valence-electron chi connectivity index (χ1n) is 5.96. The highest BCUT2D eigenvalue weighted by Gasteiger charge is 2.17. The molecule has 0 aromatic carbocycles. The maximum absolute atomic E-state index is 4.50. The van der Waals surface area contributed by atoms with Crippen LogP contribution in [0.2, 0.25) is 0 Å². The minimum Gasteiger partial charge on any atom is -0.325 e. The maximum Gasteiger partial charge on any atom is 0.177 e. The summed E-state index contributed by atoms with van der Waals surface area (Å²) in [7, 11) is 0. The molecule has 0 bridgehead atoms. The molecule has 0 saturated carbocycles. The van der Waals surface area contributed by atoms with Crippen LogP contribution in [0.25, 0.3) is 11.2 Å². The van der Waals surface area contributed by atoms with Crippen LogP contribution in [-0.2, 0) is 6.54 Å². The Morgan fingerprint density at radius 3 is 3.24 bits per heavy atom. The maximum atomic E-state index is 4.50. The second-order valence-electron chi connectivity index (χ2n) is 4.56. The highest BCUT2D eigenvalue weighted by atomic mass is 79.9. The zero-order chi connectivity index (χ0) is 11.8. The molecule has 0 spiro atoms. The van der Waals surface area contributed by atoms with Crippen LogP contribution < -0.4 is 5.32 Å². The lowest BCUT2D eigenvalue weighted by Crippen LogP contribution is -2.27. The lowest BCUT2D eigenvalue weighted by Gasteiger charge is -2.13. The molecule has 4 nitrogen and oxygen atoms in total. The molecule has 17 heavy (non-hydrogen) atoms. The molecule has 1 aliphatic rings. The first-order chi connectivity index (χ1) is 8.24. The van der Waals surface area contributed by atoms with E-state index < -0.39 is 0 Å². The smallest absolute Gasteiger partial charge is 0.177 e. The van der Waals surface area contributed by atoms with Gasteiger partial charge in [-0.3, -0.25) is 0 Å². The van der Waals surface area contributed by atoms with Crippen molar-refractivity contribution in [2.24, 2.45) is 0 Å². The molecule has 90 valence electrons. The lowest BCUT2D eigenvalue weighted by molar-refractivity contribution is 0.510. The Hall–Kier alpha value is -0.940. The molecule has 3 rings (SSSR count). The zero-order valence-corrected chi connectivity index (χ0v) is 11.4. The third kappa shape index (κ3) is 2.09. The van der Waals surface area contributed by atoms with Crippen molar-refractivity contribution in [1.29, 1.82) is 0 Å². The Kier molecular flexibility index (Phi) is 2.88. The lowest BCUT2D eigenvalue weighted by atomic mass is 10.2. The van der Waals surface area contributed by atoms with Crippen LogP contribution in [0.4, 0.5) is 0 Å². The highest BCUT2D eigenvalue weighted by molar-refractivity contribution is 9.10. The Bertz CT molecular complexity index is 543. The summed E-state index contributed by atoms with van der Waals surface area (Å²) >= 11 is 3.47. The van der Waals surface area contributed by atoms with E-state index >= 15 is 0 Å². The van der Waals surface area contributed by atoms with Crippen LogP contribution >= 0.6 is 15.9 Å². The number of halogens is 1. The van der Waals surface area contributed by atoms with Crippen LogP contribution in [-0.4, -0.2) is 27.1 Å². The Morgan fingerprint density at radius 2 is 2.47 bits per heavy atom. The van der Waals surface area contributed by atoms with Crippen molar-refractivity contribution in [2.75, 3.05) is 6.54 Å². The van der Waals surface area contributed by atoms with Gasteiger partial charge in [0, 0.05) is 23.3 Å². The number of pyridine rings is 1. The van der Waals surface area contributed by atoms with Crippen LogP contribution in [0, 0.1) is 6.92 Å². The van der Waals surface area contributed by atoms with Gasteiger partial charge in [0.15, 0.2) is 5.65 Å². The average Bonchev–Trinajstić information content (AvgIpc) is 2.90. The Labute approximate surface area is 109 Å². The van der Waals surface area contributed by atoms with Gasteiger partial charge in [0.1, 0.15) is 5.82 Å². The minimum atomic E-state index is 0.574. The summed E-state index contributed by atoms with van der Waals surface area (Å²) in [5.74, 6) is 1.04. The number of fused-ring (bicyclic) bond motifs is 1. The fourth-order valence-corrected chi connectivity index (χ4v) is 2.78. The average molecular weight is 295 g/mol. The largest absolute Gasteiger partial charge is 0.325 e. The fraction of sp³-hybridized carbons (Fsp3) is 0.500. The third-order valence-corrected chi connectivity index (χ3v) is 3.76. The number of hydrogen-bond donors (Lipinski definition) is 1. The SMILES string of the molecule is Cc1nc2ncc(Br)cc2n1C[C@@H]1CCCN1. The Morgan fingerprint density at radius 1 is 1.59 bits per heavy atom. The summed E-state index contributed by atoms with van der Waals surface area (Å²) in [5, 5.41) is 3.52. The van der Waals surface area contributed by atoms with Gasteiger partial charge in [0.05, 0.1) is 5.52 Å². The molecule has 1 N–H and O–H groups in total. The summed E-state index contributed by atoms with van der Waals surface area (Å²) in [6.07, 6.45) is 4.33. The van der Waals surface area contributed by atoms with Gasteiger partial charge < -0.3 is 9.88 Å². The van der Waals surface area contributed by atoms with Crippen LogP contribution in [0.15, 0.2) is 16.7 Å². The third-order valence-electron chi connectivity index (χ3n) is 3.33. The molecule has 5 heteroatoms. The summed E-state index contributed by atoms with van der Waals surface area (Å²) in [4.78, 5) is 8.84. The van der Waals surface area contributed by atoms with Crippen molar-refractivity contribution in [3.05, 3.63) is 22.6 Å². The van der Waals surface area contributed by atoms with E-state index in [9.17, 15) is 0 Å². The number of rotatable bonds is 2. The zero-order valence-electron chi connectivity index (χ0n) is 9.78. The molecule has 0 amide bonds. The molecule has 2 aromatic rings. The molecule has 1 saturated heterocycles. The van der Waals surface area contributed by atoms with Gasteiger partial charge in [-0.05, 0) is 48.3 Å². The molecule has 1 fully saturated rings. The first kappa shape index (κ1) is 11.2. The van der Waals surface area contributed by atoms with Crippen molar-refractivity contribution >= 4 is 27.1 Å². The number of aromatic nitrogens is 3. The Balaban J connectivity index is 2.01. The fourth-order valence-electron chi connectivity index (χ4n) is 2.46. The van der Waals surface area contributed by atoms with Crippen LogP contribution in [0.5, 0.6) is 0 Å². The van der Waals surface area contributed by atoms with E-state index in [1.807, 2.05) is 6.92 Å². The predicted molar refractivity (Wildman–Crippen MR) is 71.0 cm³/mol. The van der Waals surface area contributed by atoms with E-state index in [1.165, 1.54) is 12.8 Å². The monoisotopic (exact) mass is 294 g/mol. The molecule has 0 aliphatic carbocycles. The number of nitrogens with one attached hydrogen (secondary N) is 1. The summed E-state index contributed by atoms with van der Waals surface area (Å²) in [5.41, 5.74) is 1.95. The van der Waals surface area contributed by atoms with Gasteiger partial charge in [-0.15, -0.1) is 0 Å². The van der Waals surface area contributed by atoms with E-state index in [0.29, 0.717) is 6.04 Å². The van der Waals surface area contributed by atoms with Gasteiger partial charge in [-0.25, -0.2) is 9.97 Å². The second kappa shape index (κ2) is 4.38. The molecule has 1 aliphatic heterocycles. The normalized spacial score (nSPS) is 20.2. The van der Waals surface area contributed by atoms with E-state index in [2.05, 4.69) is 41.8 Å². The van der Waals surface area contributed by atoms with Gasteiger partial charge in [0.2, 0.25) is 0 Å². The molecule has 1 atom stereocenters. The van der Waals surface area contributed by atoms with Crippen LogP contribution in [0.3, 0.4) is 0 Å². The van der Waals surface area contributed by atoms with Crippen molar-refractivity contribution in [1.82, 2.24) is 19.9 Å². The van der Waals surface area contributed by atoms with E-state index in [1.54, 1.807) is 6.20 Å². The van der Waals surface area contributed by atoms with E-state index in [0.717, 1.165) is 34.6 Å². The van der Waals surface area contributed by atoms with Gasteiger partial charge >= 0.3 is 0 Å². The van der Waals surface area contributed by atoms with Crippen molar-refractivity contribution in [3.8, 4) is 0 Å². The van der Waals surface area contributed by atoms with Gasteiger partial charge in [0.25, 0.3) is 0 Å². The van der Waals surface area contributed by atoms with E-state index in [4.69, 9.17) is 0 Å². The number of imidazole rings is 1. The molecule has 0 radical (unpaired) electrons. The number of nitrogens with zero attached hydrogens (tertiary/aromatic N) is 3. The molecular weight excluding hydrogens is 280 g/mol. The second-order valence-corrected chi connectivity index (χ2v) is 5.47. The number of hydrogen-bond acceptors (Lipinski definition) is 3. The first-order valence-corrected chi connectivity index (χ1v) is 6.75.